The standard InChI is InChI=1S/C19H19FN6O2/c1-11(12-4-6-14(20)7-5-12)21-19-16(26(27)28)8-9-17(23-19)22-18-10-15(24-25-18)13-2-3-13/h4-11,13H,2-3H2,1H3,(H3,21,22,23,24,25)/t11-/m0/s1. The summed E-state index contributed by atoms with van der Waals surface area (Å²) in [5.74, 6) is 1.39. The first-order valence-corrected chi connectivity index (χ1v) is 8.99. The van der Waals surface area contributed by atoms with E-state index < -0.39 is 4.92 Å². The Bertz CT molecular complexity index is 1000. The van der Waals surface area contributed by atoms with Crippen LogP contribution in [0.2, 0.25) is 0 Å². The summed E-state index contributed by atoms with van der Waals surface area (Å²) in [6.45, 7) is 1.83. The van der Waals surface area contributed by atoms with Crippen LogP contribution < -0.4 is 10.6 Å². The van der Waals surface area contributed by atoms with Gasteiger partial charge in [-0.3, -0.25) is 15.2 Å². The first kappa shape index (κ1) is 17.9. The fourth-order valence-electron chi connectivity index (χ4n) is 2.95. The van der Waals surface area contributed by atoms with Gasteiger partial charge in [0, 0.05) is 23.7 Å². The summed E-state index contributed by atoms with van der Waals surface area (Å²) in [7, 11) is 0. The average Bonchev–Trinajstić information content (AvgIpc) is 3.42. The Balaban J connectivity index is 1.55. The van der Waals surface area contributed by atoms with Crippen molar-refractivity contribution in [3.8, 4) is 0 Å². The Morgan fingerprint density at radius 3 is 2.64 bits per heavy atom. The summed E-state index contributed by atoms with van der Waals surface area (Å²) < 4.78 is 13.1. The van der Waals surface area contributed by atoms with Crippen molar-refractivity contribution in [1.29, 1.82) is 0 Å². The molecule has 0 saturated heterocycles. The van der Waals surface area contributed by atoms with Crippen molar-refractivity contribution in [2.45, 2.75) is 31.7 Å². The largest absolute Gasteiger partial charge is 0.358 e. The average molecular weight is 382 g/mol. The zero-order valence-corrected chi connectivity index (χ0v) is 15.1. The Hall–Kier alpha value is -3.49. The van der Waals surface area contributed by atoms with E-state index in [1.54, 1.807) is 12.1 Å². The van der Waals surface area contributed by atoms with Gasteiger partial charge in [0.2, 0.25) is 5.82 Å². The number of benzene rings is 1. The number of hydrogen-bond donors (Lipinski definition) is 3. The van der Waals surface area contributed by atoms with E-state index in [2.05, 4.69) is 25.8 Å². The molecule has 2 aromatic heterocycles. The lowest BCUT2D eigenvalue weighted by Crippen LogP contribution is -2.10. The normalized spacial score (nSPS) is 14.5. The molecule has 8 nitrogen and oxygen atoms in total. The molecule has 0 amide bonds. The molecule has 4 rings (SSSR count). The third-order valence-corrected chi connectivity index (χ3v) is 4.66. The van der Waals surface area contributed by atoms with Gasteiger partial charge in [0.05, 0.1) is 11.0 Å². The van der Waals surface area contributed by atoms with Crippen molar-refractivity contribution in [2.24, 2.45) is 0 Å². The van der Waals surface area contributed by atoms with Crippen LogP contribution in [0.4, 0.5) is 27.5 Å². The molecule has 0 aliphatic heterocycles. The zero-order valence-electron chi connectivity index (χ0n) is 15.1. The van der Waals surface area contributed by atoms with Crippen molar-refractivity contribution in [3.63, 3.8) is 0 Å². The number of pyridine rings is 1. The molecular formula is C19H19FN6O2. The second-order valence-electron chi connectivity index (χ2n) is 6.85. The molecule has 0 spiro atoms. The van der Waals surface area contributed by atoms with Gasteiger partial charge in [-0.2, -0.15) is 5.10 Å². The summed E-state index contributed by atoms with van der Waals surface area (Å²) in [6, 6.07) is 10.5. The number of anilines is 3. The summed E-state index contributed by atoms with van der Waals surface area (Å²) in [6.07, 6.45) is 2.32. The molecule has 1 aromatic carbocycles. The second kappa shape index (κ2) is 7.26. The number of halogens is 1. The molecule has 1 atom stereocenters. The molecule has 1 aliphatic carbocycles. The fourth-order valence-corrected chi connectivity index (χ4v) is 2.95. The molecule has 28 heavy (non-hydrogen) atoms. The highest BCUT2D eigenvalue weighted by molar-refractivity contribution is 5.63. The van der Waals surface area contributed by atoms with Gasteiger partial charge in [0.15, 0.2) is 5.82 Å². The summed E-state index contributed by atoms with van der Waals surface area (Å²) in [5.41, 5.74) is 1.73. The van der Waals surface area contributed by atoms with Gasteiger partial charge in [0.25, 0.3) is 0 Å². The van der Waals surface area contributed by atoms with Crippen molar-refractivity contribution in [2.75, 3.05) is 10.6 Å². The highest BCUT2D eigenvalue weighted by atomic mass is 19.1. The first-order valence-electron chi connectivity index (χ1n) is 8.99. The van der Waals surface area contributed by atoms with E-state index in [9.17, 15) is 14.5 Å². The van der Waals surface area contributed by atoms with Crippen LogP contribution in [0.25, 0.3) is 0 Å². The lowest BCUT2D eigenvalue weighted by Gasteiger charge is -2.15. The van der Waals surface area contributed by atoms with Crippen LogP contribution >= 0.6 is 0 Å². The van der Waals surface area contributed by atoms with Crippen LogP contribution in [0, 0.1) is 15.9 Å². The van der Waals surface area contributed by atoms with Crippen LogP contribution in [0.15, 0.2) is 42.5 Å². The van der Waals surface area contributed by atoms with Gasteiger partial charge in [-0.15, -0.1) is 0 Å². The predicted octanol–water partition coefficient (Wildman–Crippen LogP) is 4.65. The Labute approximate surface area is 160 Å². The smallest absolute Gasteiger partial charge is 0.311 e. The van der Waals surface area contributed by atoms with Crippen molar-refractivity contribution in [3.05, 3.63) is 69.7 Å². The number of aromatic nitrogens is 3. The second-order valence-corrected chi connectivity index (χ2v) is 6.85. The molecule has 1 fully saturated rings. The molecule has 0 radical (unpaired) electrons. The Morgan fingerprint density at radius 1 is 1.21 bits per heavy atom. The van der Waals surface area contributed by atoms with Crippen LogP contribution in [-0.2, 0) is 0 Å². The van der Waals surface area contributed by atoms with E-state index in [1.807, 2.05) is 13.0 Å². The number of nitrogens with one attached hydrogen (secondary N) is 3. The zero-order chi connectivity index (χ0) is 19.7. The third-order valence-electron chi connectivity index (χ3n) is 4.66. The predicted molar refractivity (Wildman–Crippen MR) is 103 cm³/mol. The minimum atomic E-state index is -0.490. The maximum absolute atomic E-state index is 13.1. The molecule has 1 aliphatic rings. The number of hydrogen-bond acceptors (Lipinski definition) is 6. The van der Waals surface area contributed by atoms with Gasteiger partial charge in [-0.05, 0) is 43.5 Å². The number of aromatic amines is 1. The van der Waals surface area contributed by atoms with E-state index in [1.165, 1.54) is 24.3 Å². The molecule has 3 aromatic rings. The van der Waals surface area contributed by atoms with Crippen LogP contribution in [-0.4, -0.2) is 20.1 Å². The molecule has 1 saturated carbocycles. The van der Waals surface area contributed by atoms with Gasteiger partial charge in [-0.25, -0.2) is 9.37 Å². The SMILES string of the molecule is C[C@H](Nc1nc(Nc2cc(C3CC3)[nH]n2)ccc1[N+](=O)[O-])c1ccc(F)cc1. The van der Waals surface area contributed by atoms with Crippen LogP contribution in [0.3, 0.4) is 0 Å². The van der Waals surface area contributed by atoms with Crippen molar-refractivity contribution < 1.29 is 9.31 Å². The topological polar surface area (TPSA) is 109 Å². The molecule has 2 heterocycles. The monoisotopic (exact) mass is 382 g/mol. The van der Waals surface area contributed by atoms with Gasteiger partial charge in [0.1, 0.15) is 11.6 Å². The third kappa shape index (κ3) is 3.93. The van der Waals surface area contributed by atoms with E-state index >= 15 is 0 Å². The fraction of sp³-hybridized carbons (Fsp3) is 0.263. The molecule has 3 N–H and O–H groups in total. The lowest BCUT2D eigenvalue weighted by molar-refractivity contribution is -0.384. The number of H-pyrrole nitrogens is 1. The maximum Gasteiger partial charge on any atom is 0.311 e. The molecule has 0 unspecified atom stereocenters. The Kier molecular flexibility index (Phi) is 4.64. The summed E-state index contributed by atoms with van der Waals surface area (Å²) >= 11 is 0. The highest BCUT2D eigenvalue weighted by Gasteiger charge is 2.25. The van der Waals surface area contributed by atoms with Crippen molar-refractivity contribution >= 4 is 23.1 Å². The van der Waals surface area contributed by atoms with Crippen molar-refractivity contribution in [1.82, 2.24) is 15.2 Å². The van der Waals surface area contributed by atoms with E-state index in [0.29, 0.717) is 17.6 Å². The summed E-state index contributed by atoms with van der Waals surface area (Å²) in [5, 5.41) is 24.7. The van der Waals surface area contributed by atoms with Crippen LogP contribution in [0.5, 0.6) is 0 Å². The molecule has 144 valence electrons. The first-order chi connectivity index (χ1) is 13.5. The molecule has 9 heteroatoms. The lowest BCUT2D eigenvalue weighted by atomic mass is 10.1. The van der Waals surface area contributed by atoms with Gasteiger partial charge in [-0.1, -0.05) is 12.1 Å². The minimum absolute atomic E-state index is 0.129. The van der Waals surface area contributed by atoms with Gasteiger partial charge >= 0.3 is 5.69 Å². The molecule has 0 bridgehead atoms. The highest BCUT2D eigenvalue weighted by Crippen LogP contribution is 2.39. The van der Waals surface area contributed by atoms with E-state index in [-0.39, 0.29) is 23.4 Å². The number of nitrogens with zero attached hydrogens (tertiary/aromatic N) is 3. The van der Waals surface area contributed by atoms with E-state index in [0.717, 1.165) is 24.1 Å². The van der Waals surface area contributed by atoms with Gasteiger partial charge < -0.3 is 10.6 Å². The minimum Gasteiger partial charge on any atom is -0.358 e. The molecular weight excluding hydrogens is 363 g/mol. The van der Waals surface area contributed by atoms with Crippen LogP contribution in [0.1, 0.15) is 43.0 Å². The Morgan fingerprint density at radius 2 is 1.96 bits per heavy atom. The quantitative estimate of drug-likeness (QED) is 0.405. The summed E-state index contributed by atoms with van der Waals surface area (Å²) in [4.78, 5) is 15.2. The number of rotatable bonds is 7. The maximum atomic E-state index is 13.1. The number of nitro groups is 1. The van der Waals surface area contributed by atoms with E-state index in [4.69, 9.17) is 0 Å².